The molecule has 1 amide bonds. The number of amides is 1. The Hall–Kier alpha value is -0.610. The second kappa shape index (κ2) is 5.15. The van der Waals surface area contributed by atoms with Gasteiger partial charge in [0.1, 0.15) is 6.10 Å². The summed E-state index contributed by atoms with van der Waals surface area (Å²) in [7, 11) is 0. The molecule has 0 spiro atoms. The Labute approximate surface area is 97.1 Å². The van der Waals surface area contributed by atoms with E-state index >= 15 is 0 Å². The molecule has 2 aliphatic heterocycles. The predicted molar refractivity (Wildman–Crippen MR) is 61.9 cm³/mol. The number of rotatable bonds is 2. The number of likely N-dealkylation sites (tertiary alicyclic amines) is 1. The molecule has 3 atom stereocenters. The molecule has 2 heterocycles. The normalized spacial score (nSPS) is 35.4. The molecule has 2 rings (SSSR count). The van der Waals surface area contributed by atoms with Crippen LogP contribution < -0.4 is 5.73 Å². The van der Waals surface area contributed by atoms with Gasteiger partial charge in [0.15, 0.2) is 0 Å². The van der Waals surface area contributed by atoms with Gasteiger partial charge in [-0.3, -0.25) is 4.79 Å². The van der Waals surface area contributed by atoms with Crippen molar-refractivity contribution in [3.8, 4) is 0 Å². The van der Waals surface area contributed by atoms with Crippen LogP contribution in [0.3, 0.4) is 0 Å². The Balaban J connectivity index is 1.91. The van der Waals surface area contributed by atoms with Crippen molar-refractivity contribution in [1.29, 1.82) is 0 Å². The van der Waals surface area contributed by atoms with Crippen LogP contribution in [-0.4, -0.2) is 43.2 Å². The molecule has 0 bridgehead atoms. The number of carbonyl (C=O) groups excluding carboxylic acids is 1. The Bertz CT molecular complexity index is 251. The zero-order valence-electron chi connectivity index (χ0n) is 10.0. The van der Waals surface area contributed by atoms with Gasteiger partial charge in [-0.15, -0.1) is 0 Å². The van der Waals surface area contributed by atoms with E-state index in [1.54, 1.807) is 0 Å². The first-order valence-corrected chi connectivity index (χ1v) is 6.33. The summed E-state index contributed by atoms with van der Waals surface area (Å²) in [5, 5.41) is 0. The van der Waals surface area contributed by atoms with Crippen molar-refractivity contribution in [2.45, 2.75) is 32.3 Å². The number of nitrogens with two attached hydrogens (primary N) is 1. The fourth-order valence-electron chi connectivity index (χ4n) is 2.63. The average molecular weight is 226 g/mol. The van der Waals surface area contributed by atoms with E-state index in [2.05, 4.69) is 6.92 Å². The van der Waals surface area contributed by atoms with Gasteiger partial charge in [-0.25, -0.2) is 0 Å². The summed E-state index contributed by atoms with van der Waals surface area (Å²) in [5.74, 6) is 1.28. The SMILES string of the molecule is CC1CCN(C(=O)[C@@H]2CCCO2)CC1CN. The maximum atomic E-state index is 12.1. The maximum absolute atomic E-state index is 12.1. The first-order chi connectivity index (χ1) is 7.72. The molecular weight excluding hydrogens is 204 g/mol. The van der Waals surface area contributed by atoms with Gasteiger partial charge in [0.05, 0.1) is 0 Å². The zero-order valence-corrected chi connectivity index (χ0v) is 10.0. The molecule has 16 heavy (non-hydrogen) atoms. The molecule has 4 heteroatoms. The molecule has 0 aromatic heterocycles. The average Bonchev–Trinajstić information content (AvgIpc) is 2.82. The largest absolute Gasteiger partial charge is 0.368 e. The van der Waals surface area contributed by atoms with E-state index in [0.29, 0.717) is 18.4 Å². The summed E-state index contributed by atoms with van der Waals surface area (Å²) >= 11 is 0. The third-order valence-corrected chi connectivity index (χ3v) is 3.93. The first kappa shape index (κ1) is 11.9. The second-order valence-electron chi connectivity index (χ2n) is 5.05. The molecule has 0 saturated carbocycles. The van der Waals surface area contributed by atoms with E-state index in [9.17, 15) is 4.79 Å². The molecule has 92 valence electrons. The maximum Gasteiger partial charge on any atom is 0.251 e. The highest BCUT2D eigenvalue weighted by molar-refractivity contribution is 5.81. The van der Waals surface area contributed by atoms with Crippen molar-refractivity contribution in [3.63, 3.8) is 0 Å². The van der Waals surface area contributed by atoms with Gasteiger partial charge in [-0.05, 0) is 37.6 Å². The van der Waals surface area contributed by atoms with Crippen LogP contribution in [0.1, 0.15) is 26.2 Å². The highest BCUT2D eigenvalue weighted by atomic mass is 16.5. The van der Waals surface area contributed by atoms with Crippen LogP contribution in [0, 0.1) is 11.8 Å². The van der Waals surface area contributed by atoms with Gasteiger partial charge in [0.25, 0.3) is 5.91 Å². The molecule has 0 aliphatic carbocycles. The fourth-order valence-corrected chi connectivity index (χ4v) is 2.63. The minimum Gasteiger partial charge on any atom is -0.368 e. The smallest absolute Gasteiger partial charge is 0.251 e. The Morgan fingerprint density at radius 2 is 2.31 bits per heavy atom. The number of carbonyl (C=O) groups is 1. The number of nitrogens with zero attached hydrogens (tertiary/aromatic N) is 1. The zero-order chi connectivity index (χ0) is 11.5. The van der Waals surface area contributed by atoms with Crippen molar-refractivity contribution in [2.75, 3.05) is 26.2 Å². The molecule has 0 radical (unpaired) electrons. The van der Waals surface area contributed by atoms with Crippen LogP contribution in [0.15, 0.2) is 0 Å². The molecule has 2 fully saturated rings. The Morgan fingerprint density at radius 3 is 2.94 bits per heavy atom. The first-order valence-electron chi connectivity index (χ1n) is 6.33. The summed E-state index contributed by atoms with van der Waals surface area (Å²) < 4.78 is 5.44. The lowest BCUT2D eigenvalue weighted by molar-refractivity contribution is -0.143. The van der Waals surface area contributed by atoms with Gasteiger partial charge in [-0.2, -0.15) is 0 Å². The van der Waals surface area contributed by atoms with Crippen molar-refractivity contribution < 1.29 is 9.53 Å². The van der Waals surface area contributed by atoms with E-state index in [1.807, 2.05) is 4.90 Å². The van der Waals surface area contributed by atoms with Crippen molar-refractivity contribution >= 4 is 5.91 Å². The molecule has 2 N–H and O–H groups in total. The molecule has 0 aromatic rings. The molecule has 4 nitrogen and oxygen atoms in total. The summed E-state index contributed by atoms with van der Waals surface area (Å²) in [6.07, 6.45) is 2.80. The van der Waals surface area contributed by atoms with Crippen molar-refractivity contribution in [3.05, 3.63) is 0 Å². The third kappa shape index (κ3) is 2.38. The number of ether oxygens (including phenoxy) is 1. The summed E-state index contributed by atoms with van der Waals surface area (Å²) in [6.45, 7) is 5.33. The van der Waals surface area contributed by atoms with E-state index < -0.39 is 0 Å². The highest BCUT2D eigenvalue weighted by Gasteiger charge is 2.33. The van der Waals surface area contributed by atoms with Crippen molar-refractivity contribution in [1.82, 2.24) is 4.90 Å². The van der Waals surface area contributed by atoms with Gasteiger partial charge >= 0.3 is 0 Å². The van der Waals surface area contributed by atoms with Crippen LogP contribution in [0.2, 0.25) is 0 Å². The van der Waals surface area contributed by atoms with Crippen LogP contribution in [0.25, 0.3) is 0 Å². The molecule has 2 aliphatic rings. The third-order valence-electron chi connectivity index (χ3n) is 3.93. The van der Waals surface area contributed by atoms with E-state index in [1.165, 1.54) is 0 Å². The van der Waals surface area contributed by atoms with Crippen LogP contribution in [0.5, 0.6) is 0 Å². The van der Waals surface area contributed by atoms with Gasteiger partial charge in [-0.1, -0.05) is 6.92 Å². The minimum absolute atomic E-state index is 0.174. The van der Waals surface area contributed by atoms with Gasteiger partial charge in [0, 0.05) is 19.7 Å². The van der Waals surface area contributed by atoms with Crippen LogP contribution >= 0.6 is 0 Å². The summed E-state index contributed by atoms with van der Waals surface area (Å²) in [5.41, 5.74) is 5.74. The number of piperidine rings is 1. The molecule has 2 saturated heterocycles. The van der Waals surface area contributed by atoms with Crippen LogP contribution in [-0.2, 0) is 9.53 Å². The molecule has 2 unspecified atom stereocenters. The monoisotopic (exact) mass is 226 g/mol. The topological polar surface area (TPSA) is 55.6 Å². The lowest BCUT2D eigenvalue weighted by atomic mass is 9.87. The Kier molecular flexibility index (Phi) is 3.82. The number of hydrogen-bond donors (Lipinski definition) is 1. The fraction of sp³-hybridized carbons (Fsp3) is 0.917. The van der Waals surface area contributed by atoms with E-state index in [0.717, 1.165) is 39.0 Å². The predicted octanol–water partition coefficient (Wildman–Crippen LogP) is 0.609. The standard InChI is InChI=1S/C12H22N2O2/c1-9-4-5-14(8-10(9)7-13)12(15)11-3-2-6-16-11/h9-11H,2-8,13H2,1H3/t9?,10?,11-/m0/s1. The van der Waals surface area contributed by atoms with Gasteiger partial charge in [0.2, 0.25) is 0 Å². The van der Waals surface area contributed by atoms with Gasteiger partial charge < -0.3 is 15.4 Å². The number of hydrogen-bond acceptors (Lipinski definition) is 3. The molecule has 0 aromatic carbocycles. The quantitative estimate of drug-likeness (QED) is 0.750. The second-order valence-corrected chi connectivity index (χ2v) is 5.05. The van der Waals surface area contributed by atoms with Crippen molar-refractivity contribution in [2.24, 2.45) is 17.6 Å². The summed E-state index contributed by atoms with van der Waals surface area (Å²) in [4.78, 5) is 14.1. The lowest BCUT2D eigenvalue weighted by Gasteiger charge is -2.37. The lowest BCUT2D eigenvalue weighted by Crippen LogP contribution is -2.48. The van der Waals surface area contributed by atoms with E-state index in [4.69, 9.17) is 10.5 Å². The highest BCUT2D eigenvalue weighted by Crippen LogP contribution is 2.24. The van der Waals surface area contributed by atoms with E-state index in [-0.39, 0.29) is 12.0 Å². The minimum atomic E-state index is -0.174. The summed E-state index contributed by atoms with van der Waals surface area (Å²) in [6, 6.07) is 0. The Morgan fingerprint density at radius 1 is 1.50 bits per heavy atom. The molecular formula is C12H22N2O2. The van der Waals surface area contributed by atoms with Crippen LogP contribution in [0.4, 0.5) is 0 Å².